The van der Waals surface area contributed by atoms with E-state index >= 15 is 0 Å². The fourth-order valence-corrected chi connectivity index (χ4v) is 2.10. The Labute approximate surface area is 99.0 Å². The van der Waals surface area contributed by atoms with Crippen LogP contribution >= 0.6 is 0 Å². The van der Waals surface area contributed by atoms with Gasteiger partial charge in [-0.1, -0.05) is 13.0 Å². The third kappa shape index (κ3) is 2.26. The summed E-state index contributed by atoms with van der Waals surface area (Å²) in [5.41, 5.74) is 0.818. The van der Waals surface area contributed by atoms with E-state index in [1.165, 1.54) is 6.07 Å². The number of halogens is 3. The highest BCUT2D eigenvalue weighted by molar-refractivity contribution is 5.57. The zero-order chi connectivity index (χ0) is 12.8. The highest BCUT2D eigenvalue weighted by Gasteiger charge is 2.35. The van der Waals surface area contributed by atoms with E-state index in [4.69, 9.17) is 0 Å². The molecule has 0 saturated heterocycles. The molecule has 0 aliphatic carbocycles. The highest BCUT2D eigenvalue weighted by atomic mass is 19.4. The van der Waals surface area contributed by atoms with Gasteiger partial charge in [0.25, 0.3) is 0 Å². The first kappa shape index (κ1) is 12.3. The predicted octanol–water partition coefficient (Wildman–Crippen LogP) is 4.09. The fraction of sp³-hybridized carbons (Fsp3) is 0.538. The van der Waals surface area contributed by atoms with Crippen LogP contribution in [0.4, 0.5) is 18.9 Å². The Morgan fingerprint density at radius 1 is 1.29 bits per heavy atom. The normalized spacial score (nSPS) is 22.8. The average molecular weight is 243 g/mol. The predicted molar refractivity (Wildman–Crippen MR) is 62.0 cm³/mol. The molecule has 1 aromatic rings. The van der Waals surface area contributed by atoms with Gasteiger partial charge in [-0.3, -0.25) is 0 Å². The smallest absolute Gasteiger partial charge is 0.380 e. The van der Waals surface area contributed by atoms with Gasteiger partial charge in [0, 0.05) is 11.2 Å². The van der Waals surface area contributed by atoms with Crippen LogP contribution in [0.5, 0.6) is 0 Å². The second-order valence-corrected chi connectivity index (χ2v) is 5.32. The van der Waals surface area contributed by atoms with E-state index in [0.29, 0.717) is 11.6 Å². The molecule has 1 aliphatic rings. The summed E-state index contributed by atoms with van der Waals surface area (Å²) in [6, 6.07) is 3.95. The standard InChI is InChI=1S/C13H16F3N/c1-8-6-9-4-5-10(13(14,15)16)7-11(9)17-12(8,2)3/h4-5,7-8,17H,6H2,1-3H3. The second-order valence-electron chi connectivity index (χ2n) is 5.32. The molecule has 0 amide bonds. The summed E-state index contributed by atoms with van der Waals surface area (Å²) < 4.78 is 37.8. The maximum atomic E-state index is 12.6. The first-order valence-corrected chi connectivity index (χ1v) is 5.68. The Kier molecular flexibility index (Phi) is 2.64. The van der Waals surface area contributed by atoms with Crippen molar-refractivity contribution in [1.82, 2.24) is 0 Å². The van der Waals surface area contributed by atoms with E-state index in [9.17, 15) is 13.2 Å². The number of nitrogens with one attached hydrogen (secondary N) is 1. The summed E-state index contributed by atoms with van der Waals surface area (Å²) in [4.78, 5) is 0. The maximum Gasteiger partial charge on any atom is 0.416 e. The van der Waals surface area contributed by atoms with Gasteiger partial charge in [-0.05, 0) is 43.9 Å². The zero-order valence-electron chi connectivity index (χ0n) is 10.2. The number of anilines is 1. The van der Waals surface area contributed by atoms with E-state index in [-0.39, 0.29) is 5.54 Å². The fourth-order valence-electron chi connectivity index (χ4n) is 2.10. The molecule has 1 nitrogen and oxygen atoms in total. The molecular formula is C13H16F3N. The minimum atomic E-state index is -4.27. The summed E-state index contributed by atoms with van der Waals surface area (Å²) in [6.45, 7) is 6.13. The summed E-state index contributed by atoms with van der Waals surface area (Å²) >= 11 is 0. The van der Waals surface area contributed by atoms with Crippen molar-refractivity contribution >= 4 is 5.69 Å². The Morgan fingerprint density at radius 2 is 1.94 bits per heavy atom. The number of fused-ring (bicyclic) bond motifs is 1. The lowest BCUT2D eigenvalue weighted by Crippen LogP contribution is -2.42. The van der Waals surface area contributed by atoms with Crippen molar-refractivity contribution in [2.24, 2.45) is 5.92 Å². The molecule has 0 bridgehead atoms. The third-order valence-electron chi connectivity index (χ3n) is 3.65. The van der Waals surface area contributed by atoms with Gasteiger partial charge in [-0.25, -0.2) is 0 Å². The molecule has 0 fully saturated rings. The van der Waals surface area contributed by atoms with E-state index < -0.39 is 11.7 Å². The summed E-state index contributed by atoms with van der Waals surface area (Å²) in [5, 5.41) is 3.20. The maximum absolute atomic E-state index is 12.6. The quantitative estimate of drug-likeness (QED) is 0.723. The molecule has 2 rings (SSSR count). The lowest BCUT2D eigenvalue weighted by molar-refractivity contribution is -0.137. The molecule has 0 spiro atoms. The number of benzene rings is 1. The van der Waals surface area contributed by atoms with Gasteiger partial charge in [0.15, 0.2) is 0 Å². The van der Waals surface area contributed by atoms with Crippen molar-refractivity contribution in [2.45, 2.75) is 38.9 Å². The van der Waals surface area contributed by atoms with Crippen LogP contribution < -0.4 is 5.32 Å². The number of hydrogen-bond donors (Lipinski definition) is 1. The molecule has 4 heteroatoms. The van der Waals surface area contributed by atoms with Crippen molar-refractivity contribution in [3.05, 3.63) is 29.3 Å². The van der Waals surface area contributed by atoms with Crippen LogP contribution in [-0.2, 0) is 12.6 Å². The average Bonchev–Trinajstić information content (AvgIpc) is 2.17. The Balaban J connectivity index is 2.41. The van der Waals surface area contributed by atoms with E-state index in [1.807, 2.05) is 13.8 Å². The van der Waals surface area contributed by atoms with Crippen LogP contribution in [-0.4, -0.2) is 5.54 Å². The molecule has 0 saturated carbocycles. The molecule has 0 radical (unpaired) electrons. The van der Waals surface area contributed by atoms with Crippen molar-refractivity contribution in [3.8, 4) is 0 Å². The van der Waals surface area contributed by atoms with Crippen molar-refractivity contribution < 1.29 is 13.2 Å². The summed E-state index contributed by atoms with van der Waals surface area (Å²) in [6.07, 6.45) is -3.46. The van der Waals surface area contributed by atoms with Gasteiger partial charge in [0.1, 0.15) is 0 Å². The van der Waals surface area contributed by atoms with Gasteiger partial charge < -0.3 is 5.32 Å². The molecule has 0 aromatic heterocycles. The molecule has 1 aromatic carbocycles. The molecule has 17 heavy (non-hydrogen) atoms. The van der Waals surface area contributed by atoms with Gasteiger partial charge in [0.05, 0.1) is 5.56 Å². The van der Waals surface area contributed by atoms with Crippen molar-refractivity contribution in [3.63, 3.8) is 0 Å². The van der Waals surface area contributed by atoms with E-state index in [0.717, 1.165) is 18.1 Å². The third-order valence-corrected chi connectivity index (χ3v) is 3.65. The van der Waals surface area contributed by atoms with E-state index in [1.54, 1.807) is 6.07 Å². The molecule has 94 valence electrons. The molecule has 1 N–H and O–H groups in total. The lowest BCUT2D eigenvalue weighted by atomic mass is 9.80. The molecule has 1 aliphatic heterocycles. The van der Waals surface area contributed by atoms with Gasteiger partial charge in [-0.2, -0.15) is 13.2 Å². The second kappa shape index (κ2) is 3.65. The van der Waals surface area contributed by atoms with Crippen molar-refractivity contribution in [2.75, 3.05) is 5.32 Å². The Hall–Kier alpha value is -1.19. The van der Waals surface area contributed by atoms with Gasteiger partial charge in [0.2, 0.25) is 0 Å². The Morgan fingerprint density at radius 3 is 2.53 bits per heavy atom. The first-order valence-electron chi connectivity index (χ1n) is 5.68. The molecule has 1 atom stereocenters. The van der Waals surface area contributed by atoms with E-state index in [2.05, 4.69) is 12.2 Å². The van der Waals surface area contributed by atoms with Crippen molar-refractivity contribution in [1.29, 1.82) is 0 Å². The summed E-state index contributed by atoms with van der Waals surface area (Å²) in [7, 11) is 0. The van der Waals surface area contributed by atoms with Gasteiger partial charge >= 0.3 is 6.18 Å². The van der Waals surface area contributed by atoms with Crippen LogP contribution in [0.1, 0.15) is 31.9 Å². The monoisotopic (exact) mass is 243 g/mol. The molecule has 1 unspecified atom stereocenters. The van der Waals surface area contributed by atoms with Gasteiger partial charge in [-0.15, -0.1) is 0 Å². The number of hydrogen-bond acceptors (Lipinski definition) is 1. The topological polar surface area (TPSA) is 12.0 Å². The molecular weight excluding hydrogens is 227 g/mol. The zero-order valence-corrected chi connectivity index (χ0v) is 10.2. The SMILES string of the molecule is CC1Cc2ccc(C(F)(F)F)cc2NC1(C)C. The lowest BCUT2D eigenvalue weighted by Gasteiger charge is -2.39. The van der Waals surface area contributed by atoms with Crippen LogP contribution in [0.25, 0.3) is 0 Å². The molecule has 1 heterocycles. The highest BCUT2D eigenvalue weighted by Crippen LogP contribution is 2.38. The minimum Gasteiger partial charge on any atom is -0.380 e. The Bertz CT molecular complexity index is 435. The van der Waals surface area contributed by atoms with Crippen LogP contribution in [0.3, 0.4) is 0 Å². The van der Waals surface area contributed by atoms with Crippen LogP contribution in [0.15, 0.2) is 18.2 Å². The number of alkyl halides is 3. The largest absolute Gasteiger partial charge is 0.416 e. The number of rotatable bonds is 0. The summed E-state index contributed by atoms with van der Waals surface area (Å²) in [5.74, 6) is 0.395. The van der Waals surface area contributed by atoms with Crippen LogP contribution in [0.2, 0.25) is 0 Å². The first-order chi connectivity index (χ1) is 7.70. The van der Waals surface area contributed by atoms with Crippen LogP contribution in [0, 0.1) is 5.92 Å². The minimum absolute atomic E-state index is 0.169.